The molecule has 0 amide bonds. The molecule has 17 heavy (non-hydrogen) atoms. The average Bonchev–Trinajstić information content (AvgIpc) is 2.72. The van der Waals surface area contributed by atoms with Crippen LogP contribution >= 0.6 is 11.3 Å². The van der Waals surface area contributed by atoms with Gasteiger partial charge in [-0.15, -0.1) is 11.3 Å². The Morgan fingerprint density at radius 2 is 2.35 bits per heavy atom. The molecule has 0 aliphatic carbocycles. The molecule has 1 aromatic rings. The number of piperidine rings is 1. The van der Waals surface area contributed by atoms with Crippen molar-refractivity contribution in [3.63, 3.8) is 0 Å². The molecule has 0 aromatic carbocycles. The molecule has 3 rings (SSSR count). The predicted octanol–water partition coefficient (Wildman–Crippen LogP) is 1.73. The van der Waals surface area contributed by atoms with Crippen molar-refractivity contribution >= 4 is 17.1 Å². The highest BCUT2D eigenvalue weighted by Crippen LogP contribution is 2.33. The van der Waals surface area contributed by atoms with Gasteiger partial charge in [-0.05, 0) is 25.1 Å². The Balaban J connectivity index is 1.82. The number of carbonyl (C=O) groups excluding carboxylic acids is 1. The van der Waals surface area contributed by atoms with Crippen molar-refractivity contribution in [2.24, 2.45) is 0 Å². The first-order valence-electron chi connectivity index (χ1n) is 6.27. The summed E-state index contributed by atoms with van der Waals surface area (Å²) in [7, 11) is 2.17. The minimum atomic E-state index is 0.275. The number of fused-ring (bicyclic) bond motifs is 1. The van der Waals surface area contributed by atoms with Crippen LogP contribution in [0.5, 0.6) is 0 Å². The molecule has 3 heterocycles. The van der Waals surface area contributed by atoms with Crippen LogP contribution < -0.4 is 5.32 Å². The number of carbonyl (C=O) groups is 1. The molecule has 1 aromatic heterocycles. The Morgan fingerprint density at radius 3 is 3.18 bits per heavy atom. The molecule has 2 aliphatic rings. The number of hydrogen-bond acceptors (Lipinski definition) is 4. The Bertz CT molecular complexity index is 441. The van der Waals surface area contributed by atoms with Gasteiger partial charge in [-0.25, -0.2) is 0 Å². The van der Waals surface area contributed by atoms with E-state index in [1.165, 1.54) is 15.3 Å². The summed E-state index contributed by atoms with van der Waals surface area (Å²) in [6.07, 6.45) is 2.53. The van der Waals surface area contributed by atoms with E-state index in [9.17, 15) is 4.79 Å². The van der Waals surface area contributed by atoms with Crippen LogP contribution in [0.15, 0.2) is 6.07 Å². The van der Waals surface area contributed by atoms with E-state index in [0.717, 1.165) is 26.1 Å². The number of hydrogen-bond donors (Lipinski definition) is 1. The maximum absolute atomic E-state index is 11.5. The molecule has 3 nitrogen and oxygen atoms in total. The maximum Gasteiger partial charge on any atom is 0.136 e. The number of rotatable bonds is 1. The van der Waals surface area contributed by atoms with Crippen LogP contribution in [-0.2, 0) is 17.8 Å². The third-order valence-electron chi connectivity index (χ3n) is 3.66. The van der Waals surface area contributed by atoms with Gasteiger partial charge in [-0.3, -0.25) is 4.79 Å². The third kappa shape index (κ3) is 2.30. The zero-order valence-electron chi connectivity index (χ0n) is 10.2. The summed E-state index contributed by atoms with van der Waals surface area (Å²) in [5.74, 6) is 0.400. The van der Waals surface area contributed by atoms with Crippen molar-refractivity contribution < 1.29 is 4.79 Å². The number of nitrogens with one attached hydrogen (secondary N) is 1. The van der Waals surface area contributed by atoms with Gasteiger partial charge in [0.2, 0.25) is 0 Å². The summed E-state index contributed by atoms with van der Waals surface area (Å²) < 4.78 is 0. The minimum Gasteiger partial charge on any atom is -0.308 e. The number of thiophene rings is 1. The van der Waals surface area contributed by atoms with Gasteiger partial charge in [0.15, 0.2) is 0 Å². The quantitative estimate of drug-likeness (QED) is 0.824. The molecule has 1 fully saturated rings. The first-order chi connectivity index (χ1) is 8.22. The van der Waals surface area contributed by atoms with E-state index in [-0.39, 0.29) is 6.04 Å². The highest BCUT2D eigenvalue weighted by Gasteiger charge is 2.24. The smallest absolute Gasteiger partial charge is 0.136 e. The fourth-order valence-electron chi connectivity index (χ4n) is 2.63. The molecule has 0 bridgehead atoms. The lowest BCUT2D eigenvalue weighted by atomic mass is 10.0. The Labute approximate surface area is 106 Å². The Morgan fingerprint density at radius 1 is 1.47 bits per heavy atom. The fraction of sp³-hybridized carbons (Fsp3) is 0.615. The SMILES string of the molecule is CN1CCc2cc(C3CC(=O)CCN3)sc2C1. The third-order valence-corrected chi connectivity index (χ3v) is 4.94. The highest BCUT2D eigenvalue weighted by molar-refractivity contribution is 7.12. The minimum absolute atomic E-state index is 0.275. The fourth-order valence-corrected chi connectivity index (χ4v) is 4.00. The normalized spacial score (nSPS) is 25.9. The van der Waals surface area contributed by atoms with E-state index in [1.807, 2.05) is 11.3 Å². The van der Waals surface area contributed by atoms with Gasteiger partial charge in [0.05, 0.1) is 0 Å². The topological polar surface area (TPSA) is 32.3 Å². The summed E-state index contributed by atoms with van der Waals surface area (Å²) in [6, 6.07) is 2.60. The lowest BCUT2D eigenvalue weighted by molar-refractivity contribution is -0.120. The number of nitrogens with zero attached hydrogens (tertiary/aromatic N) is 1. The molecule has 4 heteroatoms. The van der Waals surface area contributed by atoms with Crippen molar-refractivity contribution in [2.75, 3.05) is 20.1 Å². The van der Waals surface area contributed by atoms with Crippen LogP contribution in [-0.4, -0.2) is 30.8 Å². The molecule has 0 radical (unpaired) electrons. The van der Waals surface area contributed by atoms with E-state index in [2.05, 4.69) is 23.3 Å². The summed E-state index contributed by atoms with van der Waals surface area (Å²) >= 11 is 1.89. The van der Waals surface area contributed by atoms with E-state index in [0.29, 0.717) is 18.6 Å². The predicted molar refractivity (Wildman–Crippen MR) is 69.3 cm³/mol. The van der Waals surface area contributed by atoms with Gasteiger partial charge in [0.25, 0.3) is 0 Å². The van der Waals surface area contributed by atoms with E-state index in [4.69, 9.17) is 0 Å². The van der Waals surface area contributed by atoms with Gasteiger partial charge in [0.1, 0.15) is 5.78 Å². The van der Waals surface area contributed by atoms with Crippen LogP contribution in [0.25, 0.3) is 0 Å². The first kappa shape index (κ1) is 11.4. The van der Waals surface area contributed by atoms with E-state index < -0.39 is 0 Å². The summed E-state index contributed by atoms with van der Waals surface area (Å²) in [5.41, 5.74) is 1.50. The molecule has 1 unspecified atom stereocenters. The number of Topliss-reactive ketones (excluding diaryl/α,β-unsaturated/α-hetero) is 1. The lowest BCUT2D eigenvalue weighted by Gasteiger charge is -2.21. The van der Waals surface area contributed by atoms with Crippen molar-refractivity contribution in [1.82, 2.24) is 10.2 Å². The maximum atomic E-state index is 11.5. The lowest BCUT2D eigenvalue weighted by Crippen LogP contribution is -2.31. The second kappa shape index (κ2) is 4.52. The summed E-state index contributed by atoms with van der Waals surface area (Å²) in [4.78, 5) is 16.7. The summed E-state index contributed by atoms with van der Waals surface area (Å²) in [5, 5.41) is 3.46. The Hall–Kier alpha value is -0.710. The van der Waals surface area contributed by atoms with Crippen LogP contribution in [0, 0.1) is 0 Å². The van der Waals surface area contributed by atoms with Crippen molar-refractivity contribution in [1.29, 1.82) is 0 Å². The van der Waals surface area contributed by atoms with Gasteiger partial charge in [-0.1, -0.05) is 0 Å². The number of ketones is 1. The van der Waals surface area contributed by atoms with Crippen molar-refractivity contribution in [2.45, 2.75) is 31.8 Å². The summed E-state index contributed by atoms with van der Waals surface area (Å²) in [6.45, 7) is 3.06. The van der Waals surface area contributed by atoms with Gasteiger partial charge >= 0.3 is 0 Å². The number of likely N-dealkylation sites (N-methyl/N-ethyl adjacent to an activating group) is 1. The van der Waals surface area contributed by atoms with E-state index in [1.54, 1.807) is 0 Å². The highest BCUT2D eigenvalue weighted by atomic mass is 32.1. The van der Waals surface area contributed by atoms with Gasteiger partial charge in [0, 0.05) is 48.3 Å². The van der Waals surface area contributed by atoms with Crippen LogP contribution in [0.3, 0.4) is 0 Å². The standard InChI is InChI=1S/C13H18N2OS/c1-15-5-3-9-6-12(17-13(9)8-15)11-7-10(16)2-4-14-11/h6,11,14H,2-5,7-8H2,1H3. The second-order valence-electron chi connectivity index (χ2n) is 5.08. The van der Waals surface area contributed by atoms with E-state index >= 15 is 0 Å². The zero-order valence-corrected chi connectivity index (χ0v) is 11.0. The molecule has 1 atom stereocenters. The van der Waals surface area contributed by atoms with Gasteiger partial charge < -0.3 is 10.2 Å². The largest absolute Gasteiger partial charge is 0.308 e. The molecule has 1 N–H and O–H groups in total. The van der Waals surface area contributed by atoms with Crippen LogP contribution in [0.4, 0.5) is 0 Å². The molecule has 92 valence electrons. The van der Waals surface area contributed by atoms with Crippen molar-refractivity contribution in [3.05, 3.63) is 21.4 Å². The molecule has 0 saturated carbocycles. The van der Waals surface area contributed by atoms with Crippen LogP contribution in [0.2, 0.25) is 0 Å². The monoisotopic (exact) mass is 250 g/mol. The first-order valence-corrected chi connectivity index (χ1v) is 7.09. The average molecular weight is 250 g/mol. The molecular weight excluding hydrogens is 232 g/mol. The molecule has 0 spiro atoms. The zero-order chi connectivity index (χ0) is 11.8. The van der Waals surface area contributed by atoms with Crippen LogP contribution in [0.1, 0.15) is 34.2 Å². The molecule has 2 aliphatic heterocycles. The molecule has 1 saturated heterocycles. The van der Waals surface area contributed by atoms with Crippen molar-refractivity contribution in [3.8, 4) is 0 Å². The second-order valence-corrected chi connectivity index (χ2v) is 6.25. The molecular formula is C13H18N2OS. The van der Waals surface area contributed by atoms with Gasteiger partial charge in [-0.2, -0.15) is 0 Å². The Kier molecular flexibility index (Phi) is 3.03.